The van der Waals surface area contributed by atoms with Crippen molar-refractivity contribution >= 4 is 34.9 Å². The van der Waals surface area contributed by atoms with Gasteiger partial charge in [-0.2, -0.15) is 0 Å². The van der Waals surface area contributed by atoms with Crippen LogP contribution in [0.25, 0.3) is 6.08 Å². The highest BCUT2D eigenvalue weighted by Crippen LogP contribution is 2.26. The maximum atomic E-state index is 13.1. The Hall–Kier alpha value is -2.00. The lowest BCUT2D eigenvalue weighted by atomic mass is 9.97. The van der Waals surface area contributed by atoms with Crippen LogP contribution in [0.3, 0.4) is 0 Å². The maximum absolute atomic E-state index is 13.1. The number of hydrogen-bond acceptors (Lipinski definition) is 7. The second-order valence-corrected chi connectivity index (χ2v) is 6.75. The lowest BCUT2D eigenvalue weighted by Gasteiger charge is -2.31. The molecule has 0 spiro atoms. The van der Waals surface area contributed by atoms with Crippen LogP contribution in [-0.4, -0.2) is 40.7 Å². The number of alkyl halides is 1. The van der Waals surface area contributed by atoms with Gasteiger partial charge in [0.1, 0.15) is 6.67 Å². The van der Waals surface area contributed by atoms with E-state index in [0.29, 0.717) is 24.1 Å². The average molecular weight is 351 g/mol. The molecule has 128 valence electrons. The van der Waals surface area contributed by atoms with Gasteiger partial charge in [-0.15, -0.1) is 0 Å². The molecule has 2 amide bonds. The van der Waals surface area contributed by atoms with Crippen LogP contribution in [-0.2, 0) is 11.5 Å². The normalized spacial score (nSPS) is 20.8. The van der Waals surface area contributed by atoms with Crippen LogP contribution in [0.5, 0.6) is 0 Å². The standard InChI is InChI=1S/C15H18FN5O2S/c16-7-11-5-10(6-12-13(22)20-15(23)24-12)18-14(19-11)21-3-1-9(8-17)2-4-21/h5-6,9H,1-4,7-8,17H2,(H,20,22,23)/b12-6-. The Morgan fingerprint density at radius 1 is 1.38 bits per heavy atom. The summed E-state index contributed by atoms with van der Waals surface area (Å²) in [5.41, 5.74) is 6.37. The van der Waals surface area contributed by atoms with Gasteiger partial charge >= 0.3 is 0 Å². The fraction of sp³-hybridized carbons (Fsp3) is 0.467. The predicted molar refractivity (Wildman–Crippen MR) is 89.9 cm³/mol. The molecule has 1 aromatic rings. The first-order chi connectivity index (χ1) is 11.6. The van der Waals surface area contributed by atoms with Crippen LogP contribution >= 0.6 is 11.8 Å². The molecular weight excluding hydrogens is 333 g/mol. The van der Waals surface area contributed by atoms with Gasteiger partial charge in [-0.3, -0.25) is 14.9 Å². The zero-order valence-electron chi connectivity index (χ0n) is 13.0. The van der Waals surface area contributed by atoms with Crippen molar-refractivity contribution in [2.45, 2.75) is 19.5 Å². The Morgan fingerprint density at radius 3 is 2.71 bits per heavy atom. The SMILES string of the molecule is NCC1CCN(c2nc(/C=C3\SC(=O)NC3=O)cc(CF)n2)CC1. The van der Waals surface area contributed by atoms with Crippen molar-refractivity contribution in [1.29, 1.82) is 0 Å². The molecule has 2 aliphatic rings. The number of halogens is 1. The van der Waals surface area contributed by atoms with Crippen molar-refractivity contribution in [3.63, 3.8) is 0 Å². The molecule has 3 N–H and O–H groups in total. The number of nitrogens with zero attached hydrogens (tertiary/aromatic N) is 3. The number of thioether (sulfide) groups is 1. The molecule has 0 unspecified atom stereocenters. The number of piperidine rings is 1. The van der Waals surface area contributed by atoms with Gasteiger partial charge in [0.2, 0.25) is 5.95 Å². The van der Waals surface area contributed by atoms with Crippen LogP contribution in [0.2, 0.25) is 0 Å². The molecule has 24 heavy (non-hydrogen) atoms. The molecule has 3 rings (SSSR count). The molecule has 9 heteroatoms. The van der Waals surface area contributed by atoms with Gasteiger partial charge in [0, 0.05) is 13.1 Å². The van der Waals surface area contributed by atoms with Crippen LogP contribution in [0.15, 0.2) is 11.0 Å². The zero-order valence-corrected chi connectivity index (χ0v) is 13.8. The van der Waals surface area contributed by atoms with Gasteiger partial charge in [-0.1, -0.05) is 0 Å². The number of rotatable bonds is 4. The number of anilines is 1. The van der Waals surface area contributed by atoms with E-state index in [0.717, 1.165) is 37.7 Å². The summed E-state index contributed by atoms with van der Waals surface area (Å²) in [6, 6.07) is 1.49. The molecule has 1 aromatic heterocycles. The molecule has 2 fully saturated rings. The summed E-state index contributed by atoms with van der Waals surface area (Å²) in [6.07, 6.45) is 3.38. The van der Waals surface area contributed by atoms with E-state index in [9.17, 15) is 14.0 Å². The summed E-state index contributed by atoms with van der Waals surface area (Å²) >= 11 is 0.807. The lowest BCUT2D eigenvalue weighted by molar-refractivity contribution is -0.115. The van der Waals surface area contributed by atoms with Crippen LogP contribution < -0.4 is 16.0 Å². The molecule has 3 heterocycles. The Morgan fingerprint density at radius 2 is 2.12 bits per heavy atom. The highest BCUT2D eigenvalue weighted by Gasteiger charge is 2.26. The Labute approximate surface area is 142 Å². The van der Waals surface area contributed by atoms with Crippen LogP contribution in [0, 0.1) is 5.92 Å². The van der Waals surface area contributed by atoms with Crippen LogP contribution in [0.1, 0.15) is 24.2 Å². The number of carbonyl (C=O) groups is 2. The first kappa shape index (κ1) is 16.8. The fourth-order valence-corrected chi connectivity index (χ4v) is 3.38. The molecule has 0 saturated carbocycles. The van der Waals surface area contributed by atoms with E-state index < -0.39 is 17.8 Å². The number of aromatic nitrogens is 2. The summed E-state index contributed by atoms with van der Waals surface area (Å²) < 4.78 is 13.1. The molecule has 0 atom stereocenters. The van der Waals surface area contributed by atoms with E-state index in [1.165, 1.54) is 12.1 Å². The summed E-state index contributed by atoms with van der Waals surface area (Å²) in [4.78, 5) is 33.8. The van der Waals surface area contributed by atoms with Crippen molar-refractivity contribution in [1.82, 2.24) is 15.3 Å². The Bertz CT molecular complexity index is 688. The number of imide groups is 1. The van der Waals surface area contributed by atoms with Gasteiger partial charge in [0.15, 0.2) is 0 Å². The molecule has 0 bridgehead atoms. The molecule has 2 aliphatic heterocycles. The summed E-state index contributed by atoms with van der Waals surface area (Å²) in [7, 11) is 0. The summed E-state index contributed by atoms with van der Waals surface area (Å²) in [5.74, 6) is 0.481. The zero-order chi connectivity index (χ0) is 17.1. The fourth-order valence-electron chi connectivity index (χ4n) is 2.71. The minimum Gasteiger partial charge on any atom is -0.341 e. The highest BCUT2D eigenvalue weighted by molar-refractivity contribution is 8.18. The van der Waals surface area contributed by atoms with Gasteiger partial charge in [-0.25, -0.2) is 14.4 Å². The van der Waals surface area contributed by atoms with Crippen molar-refractivity contribution in [3.8, 4) is 0 Å². The quantitative estimate of drug-likeness (QED) is 0.792. The molecular formula is C15H18FN5O2S. The maximum Gasteiger partial charge on any atom is 0.290 e. The van der Waals surface area contributed by atoms with Crippen molar-refractivity contribution in [2.24, 2.45) is 11.7 Å². The van der Waals surface area contributed by atoms with E-state index in [1.807, 2.05) is 4.90 Å². The molecule has 2 saturated heterocycles. The second kappa shape index (κ2) is 7.27. The summed E-state index contributed by atoms with van der Waals surface area (Å²) in [5, 5.41) is 1.76. The van der Waals surface area contributed by atoms with Crippen molar-refractivity contribution in [3.05, 3.63) is 22.4 Å². The smallest absolute Gasteiger partial charge is 0.290 e. The van der Waals surface area contributed by atoms with Crippen molar-refractivity contribution in [2.75, 3.05) is 24.5 Å². The number of nitrogens with two attached hydrogens (primary N) is 1. The number of hydrogen-bond donors (Lipinski definition) is 2. The molecule has 7 nitrogen and oxygen atoms in total. The average Bonchev–Trinajstić information content (AvgIpc) is 2.91. The topological polar surface area (TPSA) is 101 Å². The van der Waals surface area contributed by atoms with Crippen molar-refractivity contribution < 1.29 is 14.0 Å². The lowest BCUT2D eigenvalue weighted by Crippen LogP contribution is -2.37. The van der Waals surface area contributed by atoms with E-state index in [-0.39, 0.29) is 10.6 Å². The molecule has 0 radical (unpaired) electrons. The van der Waals surface area contributed by atoms with E-state index in [4.69, 9.17) is 5.73 Å². The number of nitrogens with one attached hydrogen (secondary N) is 1. The largest absolute Gasteiger partial charge is 0.341 e. The number of carbonyl (C=O) groups excluding carboxylic acids is 2. The third-order valence-corrected chi connectivity index (χ3v) is 4.89. The van der Waals surface area contributed by atoms with Gasteiger partial charge in [-0.05, 0) is 49.2 Å². The second-order valence-electron chi connectivity index (χ2n) is 5.74. The predicted octanol–water partition coefficient (Wildman–Crippen LogP) is 1.45. The third-order valence-electron chi connectivity index (χ3n) is 4.08. The highest BCUT2D eigenvalue weighted by atomic mass is 32.2. The van der Waals surface area contributed by atoms with E-state index >= 15 is 0 Å². The third kappa shape index (κ3) is 3.73. The number of amides is 2. The van der Waals surface area contributed by atoms with Gasteiger partial charge in [0.25, 0.3) is 11.1 Å². The minimum atomic E-state index is -0.719. The van der Waals surface area contributed by atoms with Crippen LogP contribution in [0.4, 0.5) is 15.1 Å². The van der Waals surface area contributed by atoms with Gasteiger partial charge < -0.3 is 10.6 Å². The Kier molecular flexibility index (Phi) is 5.10. The molecule has 0 aliphatic carbocycles. The first-order valence-corrected chi connectivity index (χ1v) is 8.54. The first-order valence-electron chi connectivity index (χ1n) is 7.73. The Balaban J connectivity index is 1.85. The van der Waals surface area contributed by atoms with E-state index in [1.54, 1.807) is 0 Å². The van der Waals surface area contributed by atoms with E-state index in [2.05, 4.69) is 15.3 Å². The minimum absolute atomic E-state index is 0.247. The summed E-state index contributed by atoms with van der Waals surface area (Å²) in [6.45, 7) is 1.48. The van der Waals surface area contributed by atoms with Gasteiger partial charge in [0.05, 0.1) is 16.3 Å². The molecule has 0 aromatic carbocycles. The monoisotopic (exact) mass is 351 g/mol.